The van der Waals surface area contributed by atoms with Crippen LogP contribution in [0, 0.1) is 0 Å². The molecule has 0 bridgehead atoms. The van der Waals surface area contributed by atoms with Gasteiger partial charge in [0.1, 0.15) is 12.0 Å². The zero-order valence-electron chi connectivity index (χ0n) is 14.3. The van der Waals surface area contributed by atoms with Crippen LogP contribution in [-0.4, -0.2) is 30.1 Å². The van der Waals surface area contributed by atoms with E-state index in [1.54, 1.807) is 12.1 Å². The Balaban J connectivity index is 1.98. The van der Waals surface area contributed by atoms with Crippen LogP contribution in [0.2, 0.25) is 0 Å². The highest BCUT2D eigenvalue weighted by atomic mass is 79.9. The first kappa shape index (κ1) is 18.5. The molecule has 4 nitrogen and oxygen atoms in total. The number of rotatable bonds is 7. The second kappa shape index (κ2) is 8.85. The van der Waals surface area contributed by atoms with E-state index in [1.165, 1.54) is 0 Å². The summed E-state index contributed by atoms with van der Waals surface area (Å²) in [5.41, 5.74) is 1.35. The highest BCUT2D eigenvalue weighted by molar-refractivity contribution is 9.10. The molecule has 1 amide bonds. The maximum Gasteiger partial charge on any atom is 0.255 e. The van der Waals surface area contributed by atoms with Crippen LogP contribution >= 0.6 is 15.9 Å². The van der Waals surface area contributed by atoms with Crippen LogP contribution in [0.4, 0.5) is 5.69 Å². The molecule has 0 fully saturated rings. The maximum atomic E-state index is 12.2. The Morgan fingerprint density at radius 3 is 2.42 bits per heavy atom. The number of carbonyl (C=O) groups excluding carboxylic acids is 1. The van der Waals surface area contributed by atoms with Gasteiger partial charge >= 0.3 is 0 Å². The van der Waals surface area contributed by atoms with E-state index in [-0.39, 0.29) is 12.1 Å². The number of nitrogens with one attached hydrogen (secondary N) is 1. The van der Waals surface area contributed by atoms with Gasteiger partial charge in [-0.3, -0.25) is 9.69 Å². The predicted molar refractivity (Wildman–Crippen MR) is 102 cm³/mol. The van der Waals surface area contributed by atoms with Crippen LogP contribution in [0.5, 0.6) is 5.75 Å². The van der Waals surface area contributed by atoms with E-state index in [2.05, 4.69) is 40.0 Å². The summed E-state index contributed by atoms with van der Waals surface area (Å²) >= 11 is 3.37. The Labute approximate surface area is 151 Å². The first-order valence-electron chi connectivity index (χ1n) is 8.11. The van der Waals surface area contributed by atoms with Gasteiger partial charge in [-0.2, -0.15) is 0 Å². The van der Waals surface area contributed by atoms with Gasteiger partial charge in [-0.25, -0.2) is 0 Å². The molecule has 0 radical (unpaired) electrons. The minimum Gasteiger partial charge on any atom is -0.475 e. The fourth-order valence-electron chi connectivity index (χ4n) is 2.46. The molecule has 1 unspecified atom stereocenters. The fraction of sp³-hybridized carbons (Fsp3) is 0.316. The van der Waals surface area contributed by atoms with Gasteiger partial charge in [0.15, 0.2) is 0 Å². The van der Waals surface area contributed by atoms with Gasteiger partial charge in [-0.15, -0.1) is 0 Å². The van der Waals surface area contributed by atoms with Gasteiger partial charge in [0.25, 0.3) is 5.91 Å². The number of hydrogen-bond donors (Lipinski definition) is 1. The Morgan fingerprint density at radius 2 is 1.83 bits per heavy atom. The number of halogens is 1. The second-order valence-corrected chi connectivity index (χ2v) is 6.34. The summed E-state index contributed by atoms with van der Waals surface area (Å²) in [5.74, 6) is 0.649. The standard InChI is InChI=1S/C19H23BrN2O2/c1-4-22(5-2)14(3)24-18-11-9-17(10-12-18)21-19(23)15-7-6-8-16(20)13-15/h6-14H,4-5H2,1-3H3,(H,21,23). The molecule has 0 aromatic heterocycles. The summed E-state index contributed by atoms with van der Waals surface area (Å²) < 4.78 is 6.80. The summed E-state index contributed by atoms with van der Waals surface area (Å²) in [5, 5.41) is 2.89. The first-order valence-corrected chi connectivity index (χ1v) is 8.90. The van der Waals surface area contributed by atoms with Gasteiger partial charge in [0, 0.05) is 15.7 Å². The minimum absolute atomic E-state index is 0.0158. The lowest BCUT2D eigenvalue weighted by Gasteiger charge is -2.26. The normalized spacial score (nSPS) is 12.0. The maximum absolute atomic E-state index is 12.2. The van der Waals surface area contributed by atoms with Crippen molar-refractivity contribution in [1.82, 2.24) is 4.90 Å². The molecule has 5 heteroatoms. The van der Waals surface area contributed by atoms with E-state index in [4.69, 9.17) is 4.74 Å². The minimum atomic E-state index is -0.138. The number of amides is 1. The summed E-state index contributed by atoms with van der Waals surface area (Å²) in [6.45, 7) is 8.15. The molecule has 0 saturated heterocycles. The average molecular weight is 391 g/mol. The lowest BCUT2D eigenvalue weighted by atomic mass is 10.2. The number of anilines is 1. The molecule has 0 saturated carbocycles. The lowest BCUT2D eigenvalue weighted by Crippen LogP contribution is -2.36. The Bertz CT molecular complexity index is 669. The van der Waals surface area contributed by atoms with E-state index in [1.807, 2.05) is 43.3 Å². The van der Waals surface area contributed by atoms with Gasteiger partial charge < -0.3 is 10.1 Å². The molecule has 1 atom stereocenters. The second-order valence-electron chi connectivity index (χ2n) is 5.43. The van der Waals surface area contributed by atoms with Crippen molar-refractivity contribution < 1.29 is 9.53 Å². The molecule has 0 heterocycles. The van der Waals surface area contributed by atoms with Gasteiger partial charge in [0.05, 0.1) is 0 Å². The Hall–Kier alpha value is -1.85. The van der Waals surface area contributed by atoms with Gasteiger partial charge in [-0.1, -0.05) is 35.8 Å². The summed E-state index contributed by atoms with van der Waals surface area (Å²) in [6.07, 6.45) is 0.0158. The van der Waals surface area contributed by atoms with Crippen LogP contribution in [-0.2, 0) is 0 Å². The van der Waals surface area contributed by atoms with Crippen molar-refractivity contribution in [3.05, 3.63) is 58.6 Å². The zero-order valence-corrected chi connectivity index (χ0v) is 15.8. The third-order valence-corrected chi connectivity index (χ3v) is 4.33. The number of hydrogen-bond acceptors (Lipinski definition) is 3. The Morgan fingerprint density at radius 1 is 1.17 bits per heavy atom. The Kier molecular flexibility index (Phi) is 6.82. The van der Waals surface area contributed by atoms with E-state index < -0.39 is 0 Å². The smallest absolute Gasteiger partial charge is 0.255 e. The summed E-state index contributed by atoms with van der Waals surface area (Å²) in [6, 6.07) is 14.7. The van der Waals surface area contributed by atoms with Gasteiger partial charge in [0.2, 0.25) is 0 Å². The molecule has 0 spiro atoms. The van der Waals surface area contributed by atoms with E-state index in [0.717, 1.165) is 29.0 Å². The third kappa shape index (κ3) is 5.08. The van der Waals surface area contributed by atoms with E-state index in [9.17, 15) is 4.79 Å². The van der Waals surface area contributed by atoms with Crippen molar-refractivity contribution in [2.24, 2.45) is 0 Å². The molecule has 2 aromatic rings. The van der Waals surface area contributed by atoms with Crippen molar-refractivity contribution in [3.63, 3.8) is 0 Å². The molecule has 128 valence electrons. The molecule has 1 N–H and O–H groups in total. The predicted octanol–water partition coefficient (Wildman–Crippen LogP) is 4.77. The fourth-order valence-corrected chi connectivity index (χ4v) is 2.86. The van der Waals surface area contributed by atoms with Crippen LogP contribution in [0.15, 0.2) is 53.0 Å². The topological polar surface area (TPSA) is 41.6 Å². The quantitative estimate of drug-likeness (QED) is 0.692. The highest BCUT2D eigenvalue weighted by Gasteiger charge is 2.11. The SMILES string of the molecule is CCN(CC)C(C)Oc1ccc(NC(=O)c2cccc(Br)c2)cc1. The average Bonchev–Trinajstić information content (AvgIpc) is 2.57. The van der Waals surface area contributed by atoms with Crippen molar-refractivity contribution in [2.75, 3.05) is 18.4 Å². The van der Waals surface area contributed by atoms with Crippen molar-refractivity contribution in [2.45, 2.75) is 27.0 Å². The molecule has 2 rings (SSSR count). The third-order valence-electron chi connectivity index (χ3n) is 3.83. The van der Waals surface area contributed by atoms with Crippen LogP contribution in [0.1, 0.15) is 31.1 Å². The highest BCUT2D eigenvalue weighted by Crippen LogP contribution is 2.19. The molecular weight excluding hydrogens is 368 g/mol. The van der Waals surface area contributed by atoms with Crippen molar-refractivity contribution in [3.8, 4) is 5.75 Å². The number of benzene rings is 2. The molecule has 24 heavy (non-hydrogen) atoms. The molecule has 2 aromatic carbocycles. The van der Waals surface area contributed by atoms with Crippen LogP contribution in [0.25, 0.3) is 0 Å². The molecule has 0 aliphatic heterocycles. The molecular formula is C19H23BrN2O2. The van der Waals surface area contributed by atoms with E-state index >= 15 is 0 Å². The van der Waals surface area contributed by atoms with Crippen LogP contribution < -0.4 is 10.1 Å². The lowest BCUT2D eigenvalue weighted by molar-refractivity contribution is 0.0481. The van der Waals surface area contributed by atoms with Gasteiger partial charge in [-0.05, 0) is 62.5 Å². The molecule has 0 aliphatic rings. The van der Waals surface area contributed by atoms with E-state index in [0.29, 0.717) is 5.56 Å². The summed E-state index contributed by atoms with van der Waals surface area (Å²) in [7, 11) is 0. The van der Waals surface area contributed by atoms with Crippen molar-refractivity contribution in [1.29, 1.82) is 0 Å². The zero-order chi connectivity index (χ0) is 17.5. The van der Waals surface area contributed by atoms with Crippen LogP contribution in [0.3, 0.4) is 0 Å². The monoisotopic (exact) mass is 390 g/mol. The number of ether oxygens (including phenoxy) is 1. The molecule has 0 aliphatic carbocycles. The number of carbonyl (C=O) groups is 1. The van der Waals surface area contributed by atoms with Crippen molar-refractivity contribution >= 4 is 27.5 Å². The first-order chi connectivity index (χ1) is 11.5. The largest absolute Gasteiger partial charge is 0.475 e. The summed E-state index contributed by atoms with van der Waals surface area (Å²) in [4.78, 5) is 14.5. The number of nitrogens with zero attached hydrogens (tertiary/aromatic N) is 1.